The standard InChI is InChI=1S/C12H17F.3C12H18/c1-8(2)10-5-6-11(9(3)4)12(13)7-10;1-9(2)11-5-7-12(8-6-11)10(3)4;1-9(2)11-6-5-7-12(8-11)10(3)4;1-9(2)11-7-5-6-8-12(11)10(3)4/h5-9H,1-4H3;3*5-10H,1-4H3. The summed E-state index contributed by atoms with van der Waals surface area (Å²) < 4.78 is 13.5. The zero-order valence-electron chi connectivity index (χ0n) is 34.2. The third-order valence-corrected chi connectivity index (χ3v) is 9.07. The molecule has 0 aliphatic heterocycles. The van der Waals surface area contributed by atoms with Crippen molar-refractivity contribution in [1.29, 1.82) is 0 Å². The Hall–Kier alpha value is -3.19. The van der Waals surface area contributed by atoms with E-state index < -0.39 is 0 Å². The normalized spacial score (nSPS) is 11.2. The zero-order valence-corrected chi connectivity index (χ0v) is 34.2. The SMILES string of the molecule is CC(C)c1ccc(C(C)C)c(F)c1.CC(C)c1ccc(C(C)C)cc1.CC(C)c1cccc(C(C)C)c1.CC(C)c1ccccc1C(C)C. The van der Waals surface area contributed by atoms with Crippen LogP contribution in [0.5, 0.6) is 0 Å². The molecule has 0 N–H and O–H groups in total. The van der Waals surface area contributed by atoms with Gasteiger partial charge in [-0.2, -0.15) is 0 Å². The van der Waals surface area contributed by atoms with Crippen molar-refractivity contribution < 1.29 is 4.39 Å². The number of benzene rings is 4. The lowest BCUT2D eigenvalue weighted by atomic mass is 9.91. The lowest BCUT2D eigenvalue weighted by Gasteiger charge is -2.14. The molecule has 0 heterocycles. The topological polar surface area (TPSA) is 0 Å². The molecule has 0 saturated carbocycles. The van der Waals surface area contributed by atoms with Crippen LogP contribution in [0.3, 0.4) is 0 Å². The van der Waals surface area contributed by atoms with Crippen molar-refractivity contribution in [1.82, 2.24) is 0 Å². The van der Waals surface area contributed by atoms with E-state index in [1.165, 1.54) is 33.4 Å². The van der Waals surface area contributed by atoms with Crippen LogP contribution in [0, 0.1) is 5.82 Å². The Balaban J connectivity index is 0.000000327. The Bertz CT molecular complexity index is 1390. The molecule has 1 heteroatoms. The molecule has 0 bridgehead atoms. The van der Waals surface area contributed by atoms with Crippen molar-refractivity contribution in [3.63, 3.8) is 0 Å². The van der Waals surface area contributed by atoms with E-state index in [1.54, 1.807) is 6.07 Å². The lowest BCUT2D eigenvalue weighted by Crippen LogP contribution is -1.97. The van der Waals surface area contributed by atoms with Gasteiger partial charge in [0.15, 0.2) is 0 Å². The molecule has 0 atom stereocenters. The van der Waals surface area contributed by atoms with Gasteiger partial charge in [-0.3, -0.25) is 0 Å². The van der Waals surface area contributed by atoms with Crippen LogP contribution in [-0.4, -0.2) is 0 Å². The molecule has 0 unspecified atom stereocenters. The highest BCUT2D eigenvalue weighted by atomic mass is 19.1. The van der Waals surface area contributed by atoms with Crippen LogP contribution < -0.4 is 0 Å². The molecular formula is C48H71F. The largest absolute Gasteiger partial charge is 0.207 e. The molecular weight excluding hydrogens is 596 g/mol. The Morgan fingerprint density at radius 2 is 0.592 bits per heavy atom. The van der Waals surface area contributed by atoms with Gasteiger partial charge in [-0.1, -0.05) is 196 Å². The molecule has 0 aromatic heterocycles. The van der Waals surface area contributed by atoms with Gasteiger partial charge in [-0.05, 0) is 97.9 Å². The molecule has 0 nitrogen and oxygen atoms in total. The van der Waals surface area contributed by atoms with E-state index in [2.05, 4.69) is 170 Å². The third kappa shape index (κ3) is 15.5. The fourth-order valence-electron chi connectivity index (χ4n) is 5.48. The average Bonchev–Trinajstić information content (AvgIpc) is 3.05. The Morgan fingerprint density at radius 1 is 0.286 bits per heavy atom. The number of hydrogen-bond acceptors (Lipinski definition) is 0. The number of hydrogen-bond donors (Lipinski definition) is 0. The van der Waals surface area contributed by atoms with Gasteiger partial charge in [0.25, 0.3) is 0 Å². The minimum atomic E-state index is -0.0683. The first-order chi connectivity index (χ1) is 22.9. The molecule has 0 radical (unpaired) electrons. The number of halogens is 1. The smallest absolute Gasteiger partial charge is 0.126 e. The summed E-state index contributed by atoms with van der Waals surface area (Å²) in [6.07, 6.45) is 0. The van der Waals surface area contributed by atoms with Gasteiger partial charge in [-0.15, -0.1) is 0 Å². The second-order valence-electron chi connectivity index (χ2n) is 16.0. The van der Waals surface area contributed by atoms with E-state index in [4.69, 9.17) is 0 Å². The van der Waals surface area contributed by atoms with E-state index >= 15 is 0 Å². The van der Waals surface area contributed by atoms with E-state index in [0.717, 1.165) is 11.1 Å². The van der Waals surface area contributed by atoms with Crippen molar-refractivity contribution in [3.8, 4) is 0 Å². The van der Waals surface area contributed by atoms with Gasteiger partial charge in [0.1, 0.15) is 5.82 Å². The summed E-state index contributed by atoms with van der Waals surface area (Å²) in [5.41, 5.74) is 10.6. The summed E-state index contributed by atoms with van der Waals surface area (Å²) in [6.45, 7) is 35.0. The molecule has 4 rings (SSSR count). The first kappa shape index (κ1) is 43.8. The summed E-state index contributed by atoms with van der Waals surface area (Å²) in [6, 6.07) is 32.1. The van der Waals surface area contributed by atoms with Crippen molar-refractivity contribution in [2.75, 3.05) is 0 Å². The van der Waals surface area contributed by atoms with Gasteiger partial charge < -0.3 is 0 Å². The minimum Gasteiger partial charge on any atom is -0.207 e. The first-order valence-corrected chi connectivity index (χ1v) is 18.9. The highest BCUT2D eigenvalue weighted by Crippen LogP contribution is 2.26. The Kier molecular flexibility index (Phi) is 19.5. The van der Waals surface area contributed by atoms with E-state index in [9.17, 15) is 4.39 Å². The Morgan fingerprint density at radius 3 is 0.878 bits per heavy atom. The summed E-state index contributed by atoms with van der Waals surface area (Å²) in [7, 11) is 0. The summed E-state index contributed by atoms with van der Waals surface area (Å²) >= 11 is 0. The monoisotopic (exact) mass is 667 g/mol. The molecule has 0 saturated heterocycles. The van der Waals surface area contributed by atoms with Gasteiger partial charge in [0.05, 0.1) is 0 Å². The van der Waals surface area contributed by atoms with Gasteiger partial charge >= 0.3 is 0 Å². The molecule has 0 fully saturated rings. The van der Waals surface area contributed by atoms with Gasteiger partial charge in [-0.25, -0.2) is 4.39 Å². The van der Waals surface area contributed by atoms with Gasteiger partial charge in [0.2, 0.25) is 0 Å². The third-order valence-electron chi connectivity index (χ3n) is 9.07. The fraction of sp³-hybridized carbons (Fsp3) is 0.500. The molecule has 4 aromatic rings. The van der Waals surface area contributed by atoms with E-state index in [-0.39, 0.29) is 11.7 Å². The highest BCUT2D eigenvalue weighted by molar-refractivity contribution is 5.32. The predicted molar refractivity (Wildman–Crippen MR) is 218 cm³/mol. The maximum Gasteiger partial charge on any atom is 0.126 e. The van der Waals surface area contributed by atoms with Crippen LogP contribution in [0.1, 0.15) is 203 Å². The predicted octanol–water partition coefficient (Wildman–Crippen LogP) is 15.9. The van der Waals surface area contributed by atoms with Crippen molar-refractivity contribution in [2.24, 2.45) is 0 Å². The summed E-state index contributed by atoms with van der Waals surface area (Å²) in [5.74, 6) is 4.45. The lowest BCUT2D eigenvalue weighted by molar-refractivity contribution is 0.594. The molecule has 270 valence electrons. The summed E-state index contributed by atoms with van der Waals surface area (Å²) in [4.78, 5) is 0. The quantitative estimate of drug-likeness (QED) is 0.176. The molecule has 0 aliphatic rings. The van der Waals surface area contributed by atoms with E-state index in [0.29, 0.717) is 41.4 Å². The Labute approximate surface area is 303 Å². The maximum atomic E-state index is 13.5. The van der Waals surface area contributed by atoms with Crippen molar-refractivity contribution >= 4 is 0 Å². The van der Waals surface area contributed by atoms with Crippen LogP contribution >= 0.6 is 0 Å². The number of rotatable bonds is 8. The van der Waals surface area contributed by atoms with Crippen LogP contribution in [0.2, 0.25) is 0 Å². The second-order valence-corrected chi connectivity index (χ2v) is 16.0. The minimum absolute atomic E-state index is 0.0683. The van der Waals surface area contributed by atoms with Gasteiger partial charge in [0, 0.05) is 0 Å². The molecule has 4 aromatic carbocycles. The molecule has 0 aliphatic carbocycles. The maximum absolute atomic E-state index is 13.5. The first-order valence-electron chi connectivity index (χ1n) is 18.9. The van der Waals surface area contributed by atoms with Crippen LogP contribution in [0.15, 0.2) is 91.0 Å². The molecule has 0 amide bonds. The average molecular weight is 667 g/mol. The molecule has 0 spiro atoms. The van der Waals surface area contributed by atoms with E-state index in [1.807, 2.05) is 26.0 Å². The van der Waals surface area contributed by atoms with Crippen LogP contribution in [0.25, 0.3) is 0 Å². The second kappa shape index (κ2) is 21.8. The fourth-order valence-corrected chi connectivity index (χ4v) is 5.48. The van der Waals surface area contributed by atoms with Crippen molar-refractivity contribution in [2.45, 2.75) is 158 Å². The molecule has 49 heavy (non-hydrogen) atoms. The highest BCUT2D eigenvalue weighted by Gasteiger charge is 2.09. The van der Waals surface area contributed by atoms with Crippen LogP contribution in [-0.2, 0) is 0 Å². The zero-order chi connectivity index (χ0) is 37.4. The van der Waals surface area contributed by atoms with Crippen LogP contribution in [0.4, 0.5) is 4.39 Å². The van der Waals surface area contributed by atoms with Crippen molar-refractivity contribution in [3.05, 3.63) is 141 Å². The summed E-state index contributed by atoms with van der Waals surface area (Å²) in [5, 5.41) is 0.